The standard InChI is InChI=1S/C15H27NO2/c1-11-8-12(10-14(2,3)9-11)18-13(17)15(4)6-5-7-16-15/h11-12,16H,5-10H2,1-4H3. The van der Waals surface area contributed by atoms with Crippen LogP contribution < -0.4 is 5.32 Å². The second kappa shape index (κ2) is 4.84. The van der Waals surface area contributed by atoms with Gasteiger partial charge >= 0.3 is 5.97 Å². The lowest BCUT2D eigenvalue weighted by molar-refractivity contribution is -0.160. The lowest BCUT2D eigenvalue weighted by atomic mass is 9.71. The summed E-state index contributed by atoms with van der Waals surface area (Å²) in [5.74, 6) is 0.603. The highest BCUT2D eigenvalue weighted by Gasteiger charge is 2.41. The van der Waals surface area contributed by atoms with Crippen molar-refractivity contribution < 1.29 is 9.53 Å². The van der Waals surface area contributed by atoms with E-state index in [1.165, 1.54) is 6.42 Å². The van der Waals surface area contributed by atoms with E-state index < -0.39 is 5.54 Å². The van der Waals surface area contributed by atoms with Crippen molar-refractivity contribution in [1.82, 2.24) is 5.32 Å². The molecule has 2 aliphatic rings. The van der Waals surface area contributed by atoms with Crippen molar-refractivity contribution >= 4 is 5.97 Å². The largest absolute Gasteiger partial charge is 0.461 e. The van der Waals surface area contributed by atoms with E-state index in [0.29, 0.717) is 11.3 Å². The van der Waals surface area contributed by atoms with Gasteiger partial charge in [0, 0.05) is 0 Å². The molecule has 2 rings (SSSR count). The number of esters is 1. The Labute approximate surface area is 111 Å². The van der Waals surface area contributed by atoms with Crippen molar-refractivity contribution in [3.05, 3.63) is 0 Å². The molecule has 104 valence electrons. The first kappa shape index (κ1) is 13.9. The van der Waals surface area contributed by atoms with Gasteiger partial charge in [-0.05, 0) is 56.9 Å². The Kier molecular flexibility index (Phi) is 3.72. The van der Waals surface area contributed by atoms with Crippen LogP contribution in [0.15, 0.2) is 0 Å². The minimum absolute atomic E-state index is 0.0464. The summed E-state index contributed by atoms with van der Waals surface area (Å²) in [4.78, 5) is 12.3. The molecule has 3 nitrogen and oxygen atoms in total. The van der Waals surface area contributed by atoms with E-state index in [-0.39, 0.29) is 12.1 Å². The molecule has 1 saturated carbocycles. The smallest absolute Gasteiger partial charge is 0.326 e. The maximum absolute atomic E-state index is 12.3. The normalized spacial score (nSPS) is 39.6. The number of nitrogens with one attached hydrogen (secondary N) is 1. The van der Waals surface area contributed by atoms with Crippen molar-refractivity contribution in [2.24, 2.45) is 11.3 Å². The Morgan fingerprint density at radius 3 is 2.56 bits per heavy atom. The molecule has 0 aromatic carbocycles. The second-order valence-electron chi connectivity index (χ2n) is 7.30. The third-order valence-corrected chi connectivity index (χ3v) is 4.44. The van der Waals surface area contributed by atoms with Gasteiger partial charge in [-0.3, -0.25) is 4.79 Å². The zero-order chi connectivity index (χ0) is 13.4. The zero-order valence-corrected chi connectivity index (χ0v) is 12.2. The third kappa shape index (κ3) is 3.05. The molecule has 3 atom stereocenters. The molecule has 0 bridgehead atoms. The van der Waals surface area contributed by atoms with E-state index in [2.05, 4.69) is 26.1 Å². The van der Waals surface area contributed by atoms with Gasteiger partial charge in [-0.2, -0.15) is 0 Å². The average molecular weight is 253 g/mol. The first-order valence-corrected chi connectivity index (χ1v) is 7.27. The Morgan fingerprint density at radius 1 is 1.28 bits per heavy atom. The molecule has 1 aliphatic heterocycles. The zero-order valence-electron chi connectivity index (χ0n) is 12.2. The van der Waals surface area contributed by atoms with Crippen LogP contribution in [0.4, 0.5) is 0 Å². The highest BCUT2D eigenvalue weighted by molar-refractivity contribution is 5.80. The van der Waals surface area contributed by atoms with Gasteiger partial charge in [0.2, 0.25) is 0 Å². The molecule has 3 unspecified atom stereocenters. The van der Waals surface area contributed by atoms with Gasteiger partial charge < -0.3 is 10.1 Å². The Bertz CT molecular complexity index is 318. The van der Waals surface area contributed by atoms with Crippen LogP contribution in [0, 0.1) is 11.3 Å². The van der Waals surface area contributed by atoms with Gasteiger partial charge in [0.25, 0.3) is 0 Å². The van der Waals surface area contributed by atoms with Crippen molar-refractivity contribution in [3.8, 4) is 0 Å². The molecule has 1 N–H and O–H groups in total. The van der Waals surface area contributed by atoms with Gasteiger partial charge in [0.15, 0.2) is 0 Å². The van der Waals surface area contributed by atoms with Crippen molar-refractivity contribution in [2.45, 2.75) is 71.4 Å². The van der Waals surface area contributed by atoms with Crippen LogP contribution in [0.1, 0.15) is 59.8 Å². The summed E-state index contributed by atoms with van der Waals surface area (Å²) in [7, 11) is 0. The van der Waals surface area contributed by atoms with E-state index in [0.717, 1.165) is 32.2 Å². The number of hydrogen-bond acceptors (Lipinski definition) is 3. The highest BCUT2D eigenvalue weighted by atomic mass is 16.5. The minimum atomic E-state index is -0.440. The molecule has 0 aromatic heterocycles. The SMILES string of the molecule is CC1CC(OC(=O)C2(C)CCCN2)CC(C)(C)C1. The molecule has 0 amide bonds. The van der Waals surface area contributed by atoms with Crippen LogP contribution in [-0.2, 0) is 9.53 Å². The van der Waals surface area contributed by atoms with E-state index in [4.69, 9.17) is 4.74 Å². The van der Waals surface area contributed by atoms with E-state index in [9.17, 15) is 4.79 Å². The molecule has 18 heavy (non-hydrogen) atoms. The van der Waals surface area contributed by atoms with Crippen molar-refractivity contribution in [1.29, 1.82) is 0 Å². The molecule has 1 heterocycles. The fraction of sp³-hybridized carbons (Fsp3) is 0.933. The van der Waals surface area contributed by atoms with Crippen molar-refractivity contribution in [3.63, 3.8) is 0 Å². The van der Waals surface area contributed by atoms with Gasteiger partial charge in [-0.1, -0.05) is 20.8 Å². The van der Waals surface area contributed by atoms with E-state index >= 15 is 0 Å². The first-order chi connectivity index (χ1) is 8.31. The summed E-state index contributed by atoms with van der Waals surface area (Å²) in [5.41, 5.74) is -0.141. The first-order valence-electron chi connectivity index (χ1n) is 7.27. The van der Waals surface area contributed by atoms with E-state index in [1.54, 1.807) is 0 Å². The highest BCUT2D eigenvalue weighted by Crippen LogP contribution is 2.40. The summed E-state index contributed by atoms with van der Waals surface area (Å²) in [6.45, 7) is 9.72. The molecule has 2 fully saturated rings. The predicted octanol–water partition coefficient (Wildman–Crippen LogP) is 2.89. The lowest BCUT2D eigenvalue weighted by Crippen LogP contribution is -2.48. The molecule has 1 aliphatic carbocycles. The number of hydrogen-bond donors (Lipinski definition) is 1. The number of ether oxygens (including phenoxy) is 1. The maximum Gasteiger partial charge on any atom is 0.326 e. The summed E-state index contributed by atoms with van der Waals surface area (Å²) < 4.78 is 5.78. The summed E-state index contributed by atoms with van der Waals surface area (Å²) in [6, 6.07) is 0. The van der Waals surface area contributed by atoms with Gasteiger partial charge in [-0.25, -0.2) is 0 Å². The second-order valence-corrected chi connectivity index (χ2v) is 7.30. The van der Waals surface area contributed by atoms with Gasteiger partial charge in [0.05, 0.1) is 0 Å². The van der Waals surface area contributed by atoms with Gasteiger partial charge in [-0.15, -0.1) is 0 Å². The summed E-state index contributed by atoms with van der Waals surface area (Å²) in [5, 5.41) is 3.28. The Morgan fingerprint density at radius 2 is 2.00 bits per heavy atom. The van der Waals surface area contributed by atoms with Crippen LogP contribution in [0.2, 0.25) is 0 Å². The van der Waals surface area contributed by atoms with Crippen LogP contribution in [0.5, 0.6) is 0 Å². The van der Waals surface area contributed by atoms with Gasteiger partial charge in [0.1, 0.15) is 11.6 Å². The molecule has 0 radical (unpaired) electrons. The molecule has 0 spiro atoms. The molecule has 3 heteroatoms. The average Bonchev–Trinajstić information content (AvgIpc) is 2.63. The lowest BCUT2D eigenvalue weighted by Gasteiger charge is -2.39. The van der Waals surface area contributed by atoms with Crippen molar-refractivity contribution in [2.75, 3.05) is 6.54 Å². The van der Waals surface area contributed by atoms with Crippen LogP contribution in [0.3, 0.4) is 0 Å². The molecule has 1 saturated heterocycles. The fourth-order valence-corrected chi connectivity index (χ4v) is 3.70. The van der Waals surface area contributed by atoms with Crippen LogP contribution >= 0.6 is 0 Å². The summed E-state index contributed by atoms with van der Waals surface area (Å²) >= 11 is 0. The number of carbonyl (C=O) groups is 1. The fourth-order valence-electron chi connectivity index (χ4n) is 3.70. The summed E-state index contributed by atoms with van der Waals surface area (Å²) in [6.07, 6.45) is 5.33. The molecular weight excluding hydrogens is 226 g/mol. The monoisotopic (exact) mass is 253 g/mol. The molecule has 0 aromatic rings. The maximum atomic E-state index is 12.3. The third-order valence-electron chi connectivity index (χ3n) is 4.44. The quantitative estimate of drug-likeness (QED) is 0.769. The molecular formula is C15H27NO2. The number of carbonyl (C=O) groups excluding carboxylic acids is 1. The minimum Gasteiger partial charge on any atom is -0.461 e. The van der Waals surface area contributed by atoms with E-state index in [1.807, 2.05) is 6.92 Å². The topological polar surface area (TPSA) is 38.3 Å². The van der Waals surface area contributed by atoms with Crippen LogP contribution in [-0.4, -0.2) is 24.2 Å². The predicted molar refractivity (Wildman–Crippen MR) is 72.3 cm³/mol. The van der Waals surface area contributed by atoms with Crippen LogP contribution in [0.25, 0.3) is 0 Å². The number of rotatable bonds is 2. The Hall–Kier alpha value is -0.570. The Balaban J connectivity index is 1.94.